The van der Waals surface area contributed by atoms with Crippen molar-refractivity contribution in [1.29, 1.82) is 0 Å². The normalized spacial score (nSPS) is 16.1. The molecule has 0 atom stereocenters. The van der Waals surface area contributed by atoms with E-state index in [9.17, 15) is 25.9 Å². The van der Waals surface area contributed by atoms with Gasteiger partial charge in [0.15, 0.2) is 0 Å². The van der Waals surface area contributed by atoms with E-state index in [1.54, 1.807) is 24.3 Å². The summed E-state index contributed by atoms with van der Waals surface area (Å²) >= 11 is 0. The van der Waals surface area contributed by atoms with Crippen LogP contribution in [0.25, 0.3) is 16.3 Å². The van der Waals surface area contributed by atoms with Crippen LogP contribution in [0.15, 0.2) is 64.4 Å². The summed E-state index contributed by atoms with van der Waals surface area (Å²) in [4.78, 5) is 3.46. The van der Waals surface area contributed by atoms with Gasteiger partial charge in [-0.3, -0.25) is 4.55 Å². The lowest BCUT2D eigenvalue weighted by Gasteiger charge is -2.28. The van der Waals surface area contributed by atoms with Crippen LogP contribution in [0.4, 0.5) is 0 Å². The average Bonchev–Trinajstić information content (AvgIpc) is 2.95. The molecule has 0 unspecified atom stereocenters. The van der Waals surface area contributed by atoms with Gasteiger partial charge in [0.1, 0.15) is 40.5 Å². The van der Waals surface area contributed by atoms with Gasteiger partial charge in [-0.05, 0) is 60.7 Å². The first-order chi connectivity index (χ1) is 19.5. The van der Waals surface area contributed by atoms with Crippen molar-refractivity contribution in [2.75, 3.05) is 13.1 Å². The van der Waals surface area contributed by atoms with Crippen LogP contribution in [0.3, 0.4) is 0 Å². The lowest BCUT2D eigenvalue weighted by molar-refractivity contribution is 0.335. The fourth-order valence-electron chi connectivity index (χ4n) is 6.41. The number of aryl methyl sites for hydroxylation is 1. The van der Waals surface area contributed by atoms with Gasteiger partial charge in [0, 0.05) is 45.7 Å². The molecule has 0 amide bonds. The molecule has 3 aliphatic rings. The third kappa shape index (κ3) is 4.13. The third-order valence-corrected chi connectivity index (χ3v) is 9.81. The first-order valence-corrected chi connectivity index (χ1v) is 15.9. The summed E-state index contributed by atoms with van der Waals surface area (Å²) in [5.74, 6) is 6.86. The molecule has 7 rings (SSSR count). The van der Waals surface area contributed by atoms with Crippen LogP contribution in [0.1, 0.15) is 35.1 Å². The highest BCUT2D eigenvalue weighted by atomic mass is 32.2. The van der Waals surface area contributed by atoms with Crippen molar-refractivity contribution in [3.8, 4) is 17.2 Å². The van der Waals surface area contributed by atoms with Crippen molar-refractivity contribution >= 4 is 36.6 Å². The minimum absolute atomic E-state index is 0.0232. The second-order valence-electron chi connectivity index (χ2n) is 10.4. The number of nitrogens with two attached hydrogens (primary N) is 1. The van der Waals surface area contributed by atoms with Gasteiger partial charge in [-0.2, -0.15) is 14.3 Å². The third-order valence-electron chi connectivity index (χ3n) is 8.08. The number of benzene rings is 4. The number of hydrogen-bond acceptors (Lipinski definition) is 8. The van der Waals surface area contributed by atoms with E-state index in [2.05, 4.69) is 4.58 Å². The Morgan fingerprint density at radius 1 is 0.902 bits per heavy atom. The van der Waals surface area contributed by atoms with Crippen LogP contribution < -0.4 is 30.6 Å². The van der Waals surface area contributed by atoms with Crippen molar-refractivity contribution in [2.24, 2.45) is 5.90 Å². The predicted molar refractivity (Wildman–Crippen MR) is 148 cm³/mol. The molecule has 12 heteroatoms. The zero-order valence-corrected chi connectivity index (χ0v) is 23.2. The maximum absolute atomic E-state index is 12.6. The second kappa shape index (κ2) is 9.10. The number of hydrogen-bond donors (Lipinski definition) is 2. The maximum atomic E-state index is 12.6. The minimum Gasteiger partial charge on any atom is -0.744 e. The number of rotatable bonds is 4. The predicted octanol–water partition coefficient (Wildman–Crippen LogP) is 1.98. The molecule has 0 aliphatic carbocycles. The van der Waals surface area contributed by atoms with Crippen molar-refractivity contribution in [3.05, 3.63) is 87.4 Å². The molecule has 0 saturated carbocycles. The zero-order valence-electron chi connectivity index (χ0n) is 21.6. The lowest BCUT2D eigenvalue weighted by atomic mass is 9.86. The van der Waals surface area contributed by atoms with Crippen LogP contribution in [0.2, 0.25) is 0 Å². The van der Waals surface area contributed by atoms with E-state index in [1.807, 2.05) is 12.1 Å². The number of fused-ring (bicyclic) bond motifs is 5. The smallest absolute Gasteiger partial charge is 0.294 e. The van der Waals surface area contributed by atoms with Gasteiger partial charge in [0.2, 0.25) is 5.36 Å². The van der Waals surface area contributed by atoms with E-state index >= 15 is 0 Å². The summed E-state index contributed by atoms with van der Waals surface area (Å²) in [7, 11) is -9.95. The van der Waals surface area contributed by atoms with Crippen molar-refractivity contribution in [2.45, 2.75) is 35.5 Å². The molecule has 0 aromatic heterocycles. The topological polar surface area (TPSA) is 159 Å². The molecule has 3 N–H and O–H groups in total. The van der Waals surface area contributed by atoms with Crippen molar-refractivity contribution in [3.63, 3.8) is 0 Å². The average molecular weight is 593 g/mol. The van der Waals surface area contributed by atoms with E-state index in [0.29, 0.717) is 45.1 Å². The van der Waals surface area contributed by atoms with Crippen LogP contribution in [0, 0.1) is 0 Å². The highest BCUT2D eigenvalue weighted by molar-refractivity contribution is 7.86. The molecule has 0 radical (unpaired) electrons. The van der Waals surface area contributed by atoms with E-state index in [4.69, 9.17) is 15.5 Å². The molecular weight excluding hydrogens is 568 g/mol. The Labute approximate surface area is 235 Å². The van der Waals surface area contributed by atoms with Gasteiger partial charge in [0.05, 0.1) is 15.4 Å². The maximum Gasteiger partial charge on any atom is 0.294 e. The Balaban J connectivity index is 1.67. The Bertz CT molecular complexity index is 2170. The van der Waals surface area contributed by atoms with Gasteiger partial charge in [-0.15, -0.1) is 0 Å². The van der Waals surface area contributed by atoms with E-state index in [-0.39, 0.29) is 5.56 Å². The molecule has 4 aromatic rings. The van der Waals surface area contributed by atoms with Crippen LogP contribution in [-0.2, 0) is 33.1 Å². The first kappa shape index (κ1) is 26.1. The Kier molecular flexibility index (Phi) is 5.79. The van der Waals surface area contributed by atoms with Crippen molar-refractivity contribution in [1.82, 2.24) is 4.58 Å². The molecule has 4 aromatic carbocycles. The molecule has 0 saturated heterocycles. The molecule has 10 nitrogen and oxygen atoms in total. The zero-order chi connectivity index (χ0) is 28.7. The Morgan fingerprint density at radius 2 is 1.66 bits per heavy atom. The summed E-state index contributed by atoms with van der Waals surface area (Å²) in [6, 6.07) is 13.9. The van der Waals surface area contributed by atoms with E-state index < -0.39 is 30.0 Å². The Morgan fingerprint density at radius 3 is 2.39 bits per heavy atom. The first-order valence-electron chi connectivity index (χ1n) is 13.0. The monoisotopic (exact) mass is 592 g/mol. The van der Waals surface area contributed by atoms with Gasteiger partial charge < -0.3 is 14.1 Å². The number of ether oxygens (including phenoxy) is 1. The minimum atomic E-state index is -5.18. The Hall–Kier alpha value is -3.81. The fraction of sp³-hybridized carbons (Fsp3) is 0.207. The molecule has 3 heterocycles. The molecular formula is C29H24N2O8S2. The molecule has 3 aliphatic heterocycles. The molecule has 210 valence electrons. The van der Waals surface area contributed by atoms with Crippen LogP contribution in [-0.4, -0.2) is 39.0 Å². The largest absolute Gasteiger partial charge is 0.744 e. The second-order valence-corrected chi connectivity index (χ2v) is 13.2. The van der Waals surface area contributed by atoms with Gasteiger partial charge in [-0.1, -0.05) is 12.1 Å². The molecule has 0 fully saturated rings. The van der Waals surface area contributed by atoms with Crippen molar-refractivity contribution < 1.29 is 35.5 Å². The molecule has 0 bridgehead atoms. The molecule has 0 spiro atoms. The summed E-state index contributed by atoms with van der Waals surface area (Å²) in [5.41, 5.74) is 3.12. The fourth-order valence-corrected chi connectivity index (χ4v) is 7.70. The van der Waals surface area contributed by atoms with Gasteiger partial charge in [-0.25, -0.2) is 13.0 Å². The summed E-state index contributed by atoms with van der Waals surface area (Å²) in [5, 5.41) is 3.24. The highest BCUT2D eigenvalue weighted by Crippen LogP contribution is 2.44. The standard InChI is InChI=1S/C29H24N2O8S2/c30-39-18-6-9-20-16(13-18)5-8-22-26(21-10-7-19(40(32,33)34)15-25(21)41(35,36)37)24-14-17-3-1-11-31-12-2-4-23(27(17)31)29(24)38-28(20)22/h5-10,13-15H,1-4,11-12,30H2,(H-,32,33,34,35,36,37). The van der Waals surface area contributed by atoms with Crippen LogP contribution >= 0.6 is 0 Å². The van der Waals surface area contributed by atoms with Gasteiger partial charge >= 0.3 is 0 Å². The lowest BCUT2D eigenvalue weighted by Crippen LogP contribution is -2.45. The SMILES string of the molecule is NOc1ccc2c3c(ccc2c1)C(c1ccc(S(=O)(=O)O)cc1S(=O)(=O)[O-])=c1cc2c4c(c1O3)CCC[N+]=4CCC2. The summed E-state index contributed by atoms with van der Waals surface area (Å²) in [6.07, 6.45) is 3.48. The van der Waals surface area contributed by atoms with E-state index in [0.717, 1.165) is 66.7 Å². The highest BCUT2D eigenvalue weighted by Gasteiger charge is 2.33. The summed E-state index contributed by atoms with van der Waals surface area (Å²) < 4.78 is 80.2. The summed E-state index contributed by atoms with van der Waals surface area (Å²) in [6.45, 7) is 1.87. The quantitative estimate of drug-likeness (QED) is 0.181. The van der Waals surface area contributed by atoms with E-state index in [1.165, 1.54) is 6.07 Å². The van der Waals surface area contributed by atoms with Crippen LogP contribution in [0.5, 0.6) is 17.2 Å². The number of nitrogens with zero attached hydrogens (tertiary/aromatic N) is 1. The molecule has 41 heavy (non-hydrogen) atoms. The van der Waals surface area contributed by atoms with Gasteiger partial charge in [0.25, 0.3) is 10.1 Å².